The number of nitro groups is 1. The summed E-state index contributed by atoms with van der Waals surface area (Å²) in [5, 5.41) is 10.6. The van der Waals surface area contributed by atoms with Crippen LogP contribution in [0.3, 0.4) is 0 Å². The van der Waals surface area contributed by atoms with E-state index in [1.54, 1.807) is 0 Å². The number of non-ortho nitro benzene ring substituents is 1. The van der Waals surface area contributed by atoms with Gasteiger partial charge in [-0.1, -0.05) is 15.9 Å². The molecule has 1 aromatic rings. The van der Waals surface area contributed by atoms with Crippen molar-refractivity contribution >= 4 is 33.4 Å². The molecule has 6 heteroatoms. The molecule has 3 nitrogen and oxygen atoms in total. The van der Waals surface area contributed by atoms with Crippen LogP contribution in [0, 0.1) is 21.8 Å². The SMILES string of the molecule is O=[N+]([O-])c1cc(F)cc(CC2CSCC2Br)c1. The number of hydrogen-bond donors (Lipinski definition) is 0. The summed E-state index contributed by atoms with van der Waals surface area (Å²) in [5.41, 5.74) is 0.533. The van der Waals surface area contributed by atoms with Gasteiger partial charge in [0.05, 0.1) is 11.0 Å². The maximum Gasteiger partial charge on any atom is 0.272 e. The van der Waals surface area contributed by atoms with Gasteiger partial charge in [-0.2, -0.15) is 11.8 Å². The third-order valence-corrected chi connectivity index (χ3v) is 5.53. The molecule has 1 heterocycles. The topological polar surface area (TPSA) is 43.1 Å². The molecule has 1 aliphatic rings. The average molecular weight is 320 g/mol. The van der Waals surface area contributed by atoms with Gasteiger partial charge in [0.1, 0.15) is 5.82 Å². The van der Waals surface area contributed by atoms with Crippen LogP contribution < -0.4 is 0 Å². The number of alkyl halides is 1. The van der Waals surface area contributed by atoms with E-state index in [9.17, 15) is 14.5 Å². The third-order valence-electron chi connectivity index (χ3n) is 2.77. The lowest BCUT2D eigenvalue weighted by molar-refractivity contribution is -0.385. The minimum absolute atomic E-state index is 0.170. The van der Waals surface area contributed by atoms with Crippen molar-refractivity contribution in [2.75, 3.05) is 11.5 Å². The van der Waals surface area contributed by atoms with Gasteiger partial charge in [0, 0.05) is 16.6 Å². The van der Waals surface area contributed by atoms with E-state index in [-0.39, 0.29) is 5.69 Å². The highest BCUT2D eigenvalue weighted by Crippen LogP contribution is 2.32. The smallest absolute Gasteiger partial charge is 0.258 e. The zero-order chi connectivity index (χ0) is 12.4. The Bertz CT molecular complexity index is 443. The van der Waals surface area contributed by atoms with E-state index in [2.05, 4.69) is 15.9 Å². The second kappa shape index (κ2) is 5.35. The lowest BCUT2D eigenvalue weighted by atomic mass is 9.98. The first-order chi connectivity index (χ1) is 8.06. The van der Waals surface area contributed by atoms with Crippen LogP contribution in [-0.4, -0.2) is 21.3 Å². The van der Waals surface area contributed by atoms with Gasteiger partial charge in [0.25, 0.3) is 5.69 Å². The highest BCUT2D eigenvalue weighted by Gasteiger charge is 2.26. The Balaban J connectivity index is 2.17. The van der Waals surface area contributed by atoms with E-state index in [1.165, 1.54) is 12.1 Å². The molecule has 0 saturated carbocycles. The van der Waals surface area contributed by atoms with Crippen molar-refractivity contribution in [1.29, 1.82) is 0 Å². The molecule has 1 fully saturated rings. The van der Waals surface area contributed by atoms with Crippen molar-refractivity contribution in [2.24, 2.45) is 5.92 Å². The molecule has 92 valence electrons. The Morgan fingerprint density at radius 1 is 1.47 bits per heavy atom. The Morgan fingerprint density at radius 2 is 2.24 bits per heavy atom. The quantitative estimate of drug-likeness (QED) is 0.487. The lowest BCUT2D eigenvalue weighted by Gasteiger charge is -2.12. The molecule has 2 rings (SSSR count). The Hall–Kier alpha value is -0.620. The summed E-state index contributed by atoms with van der Waals surface area (Å²) in [5.74, 6) is 1.94. The van der Waals surface area contributed by atoms with E-state index in [0.29, 0.717) is 22.7 Å². The fourth-order valence-corrected chi connectivity index (χ4v) is 4.39. The third kappa shape index (κ3) is 3.19. The largest absolute Gasteiger partial charge is 0.272 e. The minimum Gasteiger partial charge on any atom is -0.258 e. The van der Waals surface area contributed by atoms with Gasteiger partial charge < -0.3 is 0 Å². The predicted molar refractivity (Wildman–Crippen MR) is 70.3 cm³/mol. The van der Waals surface area contributed by atoms with E-state index in [0.717, 1.165) is 17.6 Å². The second-order valence-electron chi connectivity index (χ2n) is 4.09. The van der Waals surface area contributed by atoms with Gasteiger partial charge in [-0.15, -0.1) is 0 Å². The highest BCUT2D eigenvalue weighted by atomic mass is 79.9. The molecule has 1 aromatic carbocycles. The van der Waals surface area contributed by atoms with Gasteiger partial charge in [-0.05, 0) is 29.7 Å². The van der Waals surface area contributed by atoms with Crippen LogP contribution in [-0.2, 0) is 6.42 Å². The molecule has 0 aromatic heterocycles. The van der Waals surface area contributed by atoms with Crippen LogP contribution in [0.25, 0.3) is 0 Å². The van der Waals surface area contributed by atoms with E-state index in [4.69, 9.17) is 0 Å². The van der Waals surface area contributed by atoms with Gasteiger partial charge in [0.15, 0.2) is 0 Å². The number of nitrogens with zero attached hydrogens (tertiary/aromatic N) is 1. The normalized spacial score (nSPS) is 23.9. The first kappa shape index (κ1) is 12.8. The van der Waals surface area contributed by atoms with Crippen molar-refractivity contribution < 1.29 is 9.31 Å². The van der Waals surface area contributed by atoms with Crippen LogP contribution in [0.4, 0.5) is 10.1 Å². The number of thioether (sulfide) groups is 1. The van der Waals surface area contributed by atoms with E-state index >= 15 is 0 Å². The number of hydrogen-bond acceptors (Lipinski definition) is 3. The van der Waals surface area contributed by atoms with Crippen LogP contribution in [0.2, 0.25) is 0 Å². The van der Waals surface area contributed by atoms with Crippen LogP contribution in [0.1, 0.15) is 5.56 Å². The van der Waals surface area contributed by atoms with Gasteiger partial charge in [0.2, 0.25) is 0 Å². The molecular formula is C11H11BrFNO2S. The van der Waals surface area contributed by atoms with E-state index < -0.39 is 10.7 Å². The highest BCUT2D eigenvalue weighted by molar-refractivity contribution is 9.09. The average Bonchev–Trinajstić information content (AvgIpc) is 2.63. The first-order valence-corrected chi connectivity index (χ1v) is 7.29. The molecule has 0 amide bonds. The zero-order valence-electron chi connectivity index (χ0n) is 8.94. The predicted octanol–water partition coefficient (Wildman–Crippen LogP) is 3.40. The van der Waals surface area contributed by atoms with Crippen LogP contribution >= 0.6 is 27.7 Å². The van der Waals surface area contributed by atoms with Crippen molar-refractivity contribution in [1.82, 2.24) is 0 Å². The van der Waals surface area contributed by atoms with Crippen LogP contribution in [0.5, 0.6) is 0 Å². The molecule has 2 unspecified atom stereocenters. The monoisotopic (exact) mass is 319 g/mol. The first-order valence-electron chi connectivity index (χ1n) is 5.22. The Labute approximate surface area is 111 Å². The minimum atomic E-state index is -0.554. The summed E-state index contributed by atoms with van der Waals surface area (Å²) in [7, 11) is 0. The summed E-state index contributed by atoms with van der Waals surface area (Å²) < 4.78 is 13.2. The van der Waals surface area contributed by atoms with Crippen LogP contribution in [0.15, 0.2) is 18.2 Å². The number of rotatable bonds is 3. The summed E-state index contributed by atoms with van der Waals surface area (Å²) in [6.07, 6.45) is 0.682. The molecule has 0 spiro atoms. The van der Waals surface area contributed by atoms with E-state index in [1.807, 2.05) is 11.8 Å². The van der Waals surface area contributed by atoms with Crippen molar-refractivity contribution in [2.45, 2.75) is 11.2 Å². The molecule has 1 saturated heterocycles. The van der Waals surface area contributed by atoms with Crippen molar-refractivity contribution in [3.8, 4) is 0 Å². The standard InChI is InChI=1S/C11H11BrFNO2S/c12-11-6-17-5-8(11)1-7-2-9(13)4-10(3-7)14(15)16/h2-4,8,11H,1,5-6H2. The molecule has 0 N–H and O–H groups in total. The van der Waals surface area contributed by atoms with Gasteiger partial charge in [-0.3, -0.25) is 10.1 Å². The molecule has 17 heavy (non-hydrogen) atoms. The lowest BCUT2D eigenvalue weighted by Crippen LogP contribution is -2.14. The summed E-state index contributed by atoms with van der Waals surface area (Å²) in [6, 6.07) is 3.81. The van der Waals surface area contributed by atoms with Crippen molar-refractivity contribution in [3.05, 3.63) is 39.7 Å². The number of benzene rings is 1. The summed E-state index contributed by atoms with van der Waals surface area (Å²) in [4.78, 5) is 10.5. The molecular weight excluding hydrogens is 309 g/mol. The fraction of sp³-hybridized carbons (Fsp3) is 0.455. The number of halogens is 2. The molecule has 2 atom stereocenters. The van der Waals surface area contributed by atoms with Gasteiger partial charge in [-0.25, -0.2) is 4.39 Å². The molecule has 0 aliphatic carbocycles. The molecule has 0 radical (unpaired) electrons. The Morgan fingerprint density at radius 3 is 2.82 bits per heavy atom. The Kier molecular flexibility index (Phi) is 4.04. The maximum atomic E-state index is 13.2. The molecule has 1 aliphatic heterocycles. The maximum absolute atomic E-state index is 13.2. The zero-order valence-corrected chi connectivity index (χ0v) is 11.3. The summed E-state index contributed by atoms with van der Waals surface area (Å²) in [6.45, 7) is 0. The second-order valence-corrected chi connectivity index (χ2v) is 6.34. The van der Waals surface area contributed by atoms with Gasteiger partial charge >= 0.3 is 0 Å². The number of nitro benzene ring substituents is 1. The summed E-state index contributed by atoms with van der Waals surface area (Å²) >= 11 is 5.43. The molecule has 0 bridgehead atoms. The van der Waals surface area contributed by atoms with Crippen molar-refractivity contribution in [3.63, 3.8) is 0 Å². The fourth-order valence-electron chi connectivity index (χ4n) is 1.92.